The van der Waals surface area contributed by atoms with Crippen LogP contribution in [0.1, 0.15) is 91.4 Å². The Kier molecular flexibility index (Phi) is 4.79. The number of aliphatic hydroxyl groups is 1. The smallest absolute Gasteiger partial charge is 0.0782 e. The molecule has 4 fully saturated rings. The van der Waals surface area contributed by atoms with E-state index in [1.807, 2.05) is 0 Å². The molecule has 4 rings (SSSR count). The Morgan fingerprint density at radius 2 is 1.35 bits per heavy atom. The molecule has 150 valence electrons. The van der Waals surface area contributed by atoms with Crippen molar-refractivity contribution in [3.05, 3.63) is 0 Å². The van der Waals surface area contributed by atoms with E-state index in [-0.39, 0.29) is 10.8 Å². The third kappa shape index (κ3) is 2.30. The molecule has 0 aliphatic heterocycles. The van der Waals surface area contributed by atoms with Crippen molar-refractivity contribution in [1.82, 2.24) is 4.90 Å². The van der Waals surface area contributed by atoms with Crippen LogP contribution < -0.4 is 0 Å². The Morgan fingerprint density at radius 1 is 0.808 bits per heavy atom. The molecule has 2 unspecified atom stereocenters. The van der Waals surface area contributed by atoms with Crippen LogP contribution >= 0.6 is 0 Å². The van der Waals surface area contributed by atoms with Gasteiger partial charge in [-0.05, 0) is 62.4 Å². The van der Waals surface area contributed by atoms with Crippen molar-refractivity contribution in [3.63, 3.8) is 0 Å². The predicted molar refractivity (Wildman–Crippen MR) is 109 cm³/mol. The topological polar surface area (TPSA) is 23.5 Å². The largest absolute Gasteiger partial charge is 0.389 e. The van der Waals surface area contributed by atoms with E-state index < -0.39 is 5.60 Å². The summed E-state index contributed by atoms with van der Waals surface area (Å²) in [5, 5.41) is 12.8. The van der Waals surface area contributed by atoms with Gasteiger partial charge >= 0.3 is 0 Å². The molecular weight excluding hydrogens is 318 g/mol. The normalized spacial score (nSPS) is 47.0. The molecule has 4 aliphatic rings. The second kappa shape index (κ2) is 6.48. The van der Waals surface area contributed by atoms with Crippen molar-refractivity contribution in [1.29, 1.82) is 0 Å². The lowest BCUT2D eigenvalue weighted by atomic mass is 9.52. The fraction of sp³-hybridized carbons (Fsp3) is 1.00. The van der Waals surface area contributed by atoms with Gasteiger partial charge in [0.2, 0.25) is 0 Å². The molecule has 5 atom stereocenters. The molecule has 2 heteroatoms. The molecule has 26 heavy (non-hydrogen) atoms. The van der Waals surface area contributed by atoms with Gasteiger partial charge in [-0.25, -0.2) is 0 Å². The summed E-state index contributed by atoms with van der Waals surface area (Å²) in [5.41, 5.74) is -0.217. The first-order chi connectivity index (χ1) is 12.3. The lowest BCUT2D eigenvalue weighted by Crippen LogP contribution is -2.65. The summed E-state index contributed by atoms with van der Waals surface area (Å²) in [6.07, 6.45) is 14.8. The maximum absolute atomic E-state index is 12.8. The van der Waals surface area contributed by atoms with Gasteiger partial charge in [0, 0.05) is 11.5 Å². The van der Waals surface area contributed by atoms with Crippen LogP contribution in [0.5, 0.6) is 0 Å². The Morgan fingerprint density at radius 3 is 1.88 bits per heavy atom. The van der Waals surface area contributed by atoms with Gasteiger partial charge in [-0.1, -0.05) is 72.1 Å². The summed E-state index contributed by atoms with van der Waals surface area (Å²) in [7, 11) is 4.51. The molecule has 4 aliphatic carbocycles. The zero-order chi connectivity index (χ0) is 18.7. The molecule has 0 spiro atoms. The maximum atomic E-state index is 12.8. The van der Waals surface area contributed by atoms with Gasteiger partial charge in [0.25, 0.3) is 0 Å². The summed E-state index contributed by atoms with van der Waals surface area (Å²) in [6, 6.07) is 0.522. The Hall–Kier alpha value is -0.0800. The standard InChI is InChI=1S/C24H43NO/c1-22(2)19-16-20(25(4)5)23(22,3)24(26,18-14-10-7-11-15-18)21(19)17-12-8-6-9-13-17/h17-21,26H,6-16H2,1-5H3/t19-,20?,21?,23+,24+/m1/s1. The Labute approximate surface area is 162 Å². The summed E-state index contributed by atoms with van der Waals surface area (Å²) in [6.45, 7) is 7.52. The maximum Gasteiger partial charge on any atom is 0.0782 e. The van der Waals surface area contributed by atoms with Crippen LogP contribution in [0.4, 0.5) is 0 Å². The first-order valence-electron chi connectivity index (χ1n) is 11.6. The average molecular weight is 362 g/mol. The lowest BCUT2D eigenvalue weighted by Gasteiger charge is -2.58. The second-order valence-corrected chi connectivity index (χ2v) is 11.3. The zero-order valence-electron chi connectivity index (χ0n) is 18.1. The highest BCUT2D eigenvalue weighted by Gasteiger charge is 2.78. The van der Waals surface area contributed by atoms with Gasteiger partial charge in [-0.3, -0.25) is 0 Å². The molecule has 0 aromatic carbocycles. The van der Waals surface area contributed by atoms with Crippen LogP contribution in [0, 0.1) is 34.5 Å². The Balaban J connectivity index is 1.81. The molecule has 0 heterocycles. The van der Waals surface area contributed by atoms with E-state index in [2.05, 4.69) is 39.8 Å². The highest BCUT2D eigenvalue weighted by molar-refractivity contribution is 5.28. The van der Waals surface area contributed by atoms with Crippen LogP contribution in [0.2, 0.25) is 0 Å². The number of nitrogens with zero attached hydrogens (tertiary/aromatic N) is 1. The highest BCUT2D eigenvalue weighted by Crippen LogP contribution is 2.76. The van der Waals surface area contributed by atoms with Gasteiger partial charge in [0.1, 0.15) is 0 Å². The van der Waals surface area contributed by atoms with Crippen molar-refractivity contribution < 1.29 is 5.11 Å². The third-order valence-electron chi connectivity index (χ3n) is 10.2. The number of rotatable bonds is 3. The van der Waals surface area contributed by atoms with Gasteiger partial charge in [-0.15, -0.1) is 0 Å². The molecule has 4 saturated carbocycles. The van der Waals surface area contributed by atoms with Crippen molar-refractivity contribution >= 4 is 0 Å². The molecular formula is C24H43NO. The van der Waals surface area contributed by atoms with Gasteiger partial charge in [0.15, 0.2) is 0 Å². The van der Waals surface area contributed by atoms with Crippen molar-refractivity contribution in [3.8, 4) is 0 Å². The molecule has 2 bridgehead atoms. The SMILES string of the molecule is CN(C)C1C[C@@H]2C(C3CCCCC3)[C@@](O)(C3CCCCC3)[C@]1(C)C2(C)C. The van der Waals surface area contributed by atoms with Crippen LogP contribution in [-0.2, 0) is 0 Å². The van der Waals surface area contributed by atoms with Crippen LogP contribution in [0.3, 0.4) is 0 Å². The van der Waals surface area contributed by atoms with Crippen molar-refractivity contribution in [2.24, 2.45) is 34.5 Å². The first-order valence-corrected chi connectivity index (χ1v) is 11.6. The highest BCUT2D eigenvalue weighted by atomic mass is 16.3. The molecule has 2 nitrogen and oxygen atoms in total. The zero-order valence-corrected chi connectivity index (χ0v) is 18.1. The van der Waals surface area contributed by atoms with E-state index in [9.17, 15) is 5.11 Å². The monoisotopic (exact) mass is 361 g/mol. The van der Waals surface area contributed by atoms with E-state index in [4.69, 9.17) is 0 Å². The minimum atomic E-state index is -0.462. The molecule has 0 aromatic rings. The number of hydrogen-bond acceptors (Lipinski definition) is 2. The fourth-order valence-electron chi connectivity index (χ4n) is 8.76. The molecule has 0 aromatic heterocycles. The fourth-order valence-corrected chi connectivity index (χ4v) is 8.76. The third-order valence-corrected chi connectivity index (χ3v) is 10.2. The number of hydrogen-bond donors (Lipinski definition) is 1. The van der Waals surface area contributed by atoms with E-state index >= 15 is 0 Å². The lowest BCUT2D eigenvalue weighted by molar-refractivity contribution is -0.198. The average Bonchev–Trinajstić information content (AvgIpc) is 2.92. The minimum Gasteiger partial charge on any atom is -0.389 e. The summed E-state index contributed by atoms with van der Waals surface area (Å²) < 4.78 is 0. The van der Waals surface area contributed by atoms with Crippen molar-refractivity contribution in [2.45, 2.75) is 103 Å². The molecule has 0 radical (unpaired) electrons. The van der Waals surface area contributed by atoms with Crippen LogP contribution in [-0.4, -0.2) is 35.7 Å². The van der Waals surface area contributed by atoms with E-state index in [0.717, 1.165) is 5.92 Å². The van der Waals surface area contributed by atoms with Crippen LogP contribution in [0.15, 0.2) is 0 Å². The van der Waals surface area contributed by atoms with Gasteiger partial charge in [0.05, 0.1) is 5.60 Å². The molecule has 0 saturated heterocycles. The summed E-state index contributed by atoms with van der Waals surface area (Å²) in [5.74, 6) is 2.53. The molecule has 0 amide bonds. The summed E-state index contributed by atoms with van der Waals surface area (Å²) in [4.78, 5) is 2.45. The van der Waals surface area contributed by atoms with Crippen LogP contribution in [0.25, 0.3) is 0 Å². The molecule has 1 N–H and O–H groups in total. The van der Waals surface area contributed by atoms with Crippen molar-refractivity contribution in [2.75, 3.05) is 14.1 Å². The van der Waals surface area contributed by atoms with E-state index in [1.165, 1.54) is 70.6 Å². The van der Waals surface area contributed by atoms with Gasteiger partial charge in [-0.2, -0.15) is 0 Å². The first kappa shape index (κ1) is 19.2. The predicted octanol–water partition coefficient (Wildman–Crippen LogP) is 5.49. The van der Waals surface area contributed by atoms with E-state index in [0.29, 0.717) is 23.8 Å². The number of fused-ring (bicyclic) bond motifs is 2. The Bertz CT molecular complexity index is 516. The quantitative estimate of drug-likeness (QED) is 0.718. The summed E-state index contributed by atoms with van der Waals surface area (Å²) >= 11 is 0. The van der Waals surface area contributed by atoms with E-state index in [1.54, 1.807) is 0 Å². The minimum absolute atomic E-state index is 0.0122. The van der Waals surface area contributed by atoms with Gasteiger partial charge < -0.3 is 10.0 Å². The second-order valence-electron chi connectivity index (χ2n) is 11.3.